The van der Waals surface area contributed by atoms with E-state index >= 15 is 0 Å². The molecule has 7 heteroatoms. The molecule has 2 heterocycles. The maximum atomic E-state index is 9.54. The number of furan rings is 1. The Morgan fingerprint density at radius 1 is 1.24 bits per heavy atom. The van der Waals surface area contributed by atoms with Crippen LogP contribution >= 0.6 is 11.8 Å². The predicted octanol–water partition coefficient (Wildman–Crippen LogP) is 5.83. The van der Waals surface area contributed by atoms with Crippen molar-refractivity contribution in [1.29, 1.82) is 5.26 Å². The van der Waals surface area contributed by atoms with E-state index in [0.717, 1.165) is 35.2 Å². The Morgan fingerprint density at radius 3 is 2.45 bits per heavy atom. The summed E-state index contributed by atoms with van der Waals surface area (Å²) in [4.78, 5) is 14.3. The fraction of sp³-hybridized carbons (Fsp3) is 0.269. The largest absolute Gasteiger partial charge is 0.444 e. The summed E-state index contributed by atoms with van der Waals surface area (Å²) in [5.74, 6) is 1.17. The number of rotatable bonds is 5. The molecule has 172 valence electrons. The highest BCUT2D eigenvalue weighted by Gasteiger charge is 2.17. The number of amides is 1. The van der Waals surface area contributed by atoms with Crippen LogP contribution in [0.25, 0.3) is 11.0 Å². The van der Waals surface area contributed by atoms with E-state index in [9.17, 15) is 5.26 Å². The Balaban J connectivity index is 0.000000714. The molecule has 0 bridgehead atoms. The van der Waals surface area contributed by atoms with Gasteiger partial charge in [0.2, 0.25) is 12.2 Å². The molecule has 0 unspecified atom stereocenters. The van der Waals surface area contributed by atoms with E-state index in [1.807, 2.05) is 19.9 Å². The molecular weight excluding hydrogens is 432 g/mol. The summed E-state index contributed by atoms with van der Waals surface area (Å²) in [6.45, 7) is 4.00. The van der Waals surface area contributed by atoms with Crippen LogP contribution in [0.15, 0.2) is 70.1 Å². The second-order valence-electron chi connectivity index (χ2n) is 6.92. The van der Waals surface area contributed by atoms with Crippen molar-refractivity contribution in [3.05, 3.63) is 77.7 Å². The van der Waals surface area contributed by atoms with Gasteiger partial charge in [-0.15, -0.1) is 11.8 Å². The minimum Gasteiger partial charge on any atom is -0.444 e. The fourth-order valence-corrected chi connectivity index (χ4v) is 3.82. The van der Waals surface area contributed by atoms with Gasteiger partial charge in [-0.1, -0.05) is 50.3 Å². The lowest BCUT2D eigenvalue weighted by molar-refractivity contribution is -0.106. The number of hydrogen-bond acceptors (Lipinski definition) is 6. The van der Waals surface area contributed by atoms with Gasteiger partial charge in [0.1, 0.15) is 11.9 Å². The number of anilines is 1. The lowest BCUT2D eigenvalue weighted by Crippen LogP contribution is -2.18. The molecule has 1 aliphatic carbocycles. The van der Waals surface area contributed by atoms with Gasteiger partial charge in [0.15, 0.2) is 5.58 Å². The Labute approximate surface area is 199 Å². The van der Waals surface area contributed by atoms with Gasteiger partial charge in [0.25, 0.3) is 0 Å². The molecule has 3 aromatic rings. The van der Waals surface area contributed by atoms with Crippen LogP contribution in [0.1, 0.15) is 43.6 Å². The Kier molecular flexibility index (Phi) is 10.8. The number of hydrogen-bond donors (Lipinski definition) is 2. The van der Waals surface area contributed by atoms with Crippen molar-refractivity contribution >= 4 is 35.0 Å². The van der Waals surface area contributed by atoms with E-state index in [-0.39, 0.29) is 6.41 Å². The maximum Gasteiger partial charge on any atom is 0.208 e. The highest BCUT2D eigenvalue weighted by atomic mass is 32.2. The third-order valence-electron chi connectivity index (χ3n) is 4.90. The molecule has 4 rings (SSSR count). The molecule has 33 heavy (non-hydrogen) atoms. The zero-order valence-electron chi connectivity index (χ0n) is 19.2. The summed E-state index contributed by atoms with van der Waals surface area (Å²) in [6, 6.07) is 12.9. The first kappa shape index (κ1) is 25.8. The van der Waals surface area contributed by atoms with Gasteiger partial charge < -0.3 is 15.5 Å². The molecule has 0 saturated carbocycles. The van der Waals surface area contributed by atoms with Crippen molar-refractivity contribution < 1.29 is 9.21 Å². The Morgan fingerprint density at radius 2 is 1.88 bits per heavy atom. The molecule has 1 aliphatic rings. The van der Waals surface area contributed by atoms with Crippen LogP contribution in [-0.4, -0.2) is 23.7 Å². The van der Waals surface area contributed by atoms with Gasteiger partial charge in [-0.25, -0.2) is 4.98 Å². The van der Waals surface area contributed by atoms with Crippen LogP contribution in [0, 0.1) is 11.3 Å². The van der Waals surface area contributed by atoms with Crippen LogP contribution in [0.4, 0.5) is 5.82 Å². The quantitative estimate of drug-likeness (QED) is 0.365. The smallest absolute Gasteiger partial charge is 0.208 e. The summed E-state index contributed by atoms with van der Waals surface area (Å²) in [7, 11) is 0. The first-order valence-electron chi connectivity index (χ1n) is 10.9. The second-order valence-corrected chi connectivity index (χ2v) is 7.80. The predicted molar refractivity (Wildman–Crippen MR) is 136 cm³/mol. The SMILES string of the molecule is CC.CSc1ccc(Cc2c(C#N)oc3cnc(NC4CC=CC=CC4)cc23)cc1.NC=O. The average Bonchev–Trinajstić information content (AvgIpc) is 3.00. The number of benzene rings is 1. The summed E-state index contributed by atoms with van der Waals surface area (Å²) in [5.41, 5.74) is 6.89. The summed E-state index contributed by atoms with van der Waals surface area (Å²) in [6.07, 6.45) is 15.1. The van der Waals surface area contributed by atoms with Gasteiger partial charge in [0.05, 0.1) is 6.20 Å². The lowest BCUT2D eigenvalue weighted by atomic mass is 10.0. The highest BCUT2D eigenvalue weighted by Crippen LogP contribution is 2.30. The van der Waals surface area contributed by atoms with Gasteiger partial charge in [0, 0.05) is 28.3 Å². The zero-order valence-corrected chi connectivity index (χ0v) is 20.1. The minimum atomic E-state index is 0.250. The van der Waals surface area contributed by atoms with Crippen molar-refractivity contribution in [2.45, 2.75) is 44.0 Å². The third kappa shape index (κ3) is 7.26. The number of nitriles is 1. The first-order chi connectivity index (χ1) is 16.2. The lowest BCUT2D eigenvalue weighted by Gasteiger charge is -2.15. The topological polar surface area (TPSA) is 105 Å². The Bertz CT molecular complexity index is 1110. The maximum absolute atomic E-state index is 9.54. The third-order valence-corrected chi connectivity index (χ3v) is 5.64. The van der Waals surface area contributed by atoms with Crippen LogP contribution in [-0.2, 0) is 11.2 Å². The van der Waals surface area contributed by atoms with Gasteiger partial charge in [-0.05, 0) is 42.9 Å². The molecule has 0 spiro atoms. The number of allylic oxidation sites excluding steroid dienone is 2. The minimum absolute atomic E-state index is 0.250. The number of aromatic nitrogens is 1. The molecule has 6 nitrogen and oxygen atoms in total. The number of pyridine rings is 1. The van der Waals surface area contributed by atoms with Crippen LogP contribution < -0.4 is 11.1 Å². The van der Waals surface area contributed by atoms with E-state index in [4.69, 9.17) is 9.21 Å². The van der Waals surface area contributed by atoms with Crippen molar-refractivity contribution in [2.24, 2.45) is 5.73 Å². The van der Waals surface area contributed by atoms with Crippen LogP contribution in [0.2, 0.25) is 0 Å². The molecular formula is C26H30N4O2S. The summed E-state index contributed by atoms with van der Waals surface area (Å²) in [5, 5.41) is 14.0. The molecule has 2 aromatic heterocycles. The summed E-state index contributed by atoms with van der Waals surface area (Å²) < 4.78 is 5.75. The van der Waals surface area contributed by atoms with Crippen molar-refractivity contribution in [2.75, 3.05) is 11.6 Å². The molecule has 1 aromatic carbocycles. The molecule has 0 aliphatic heterocycles. The molecule has 0 atom stereocenters. The average molecular weight is 463 g/mol. The fourth-order valence-electron chi connectivity index (χ4n) is 3.41. The number of fused-ring (bicyclic) bond motifs is 1. The number of primary amides is 1. The van der Waals surface area contributed by atoms with E-state index in [1.54, 1.807) is 18.0 Å². The van der Waals surface area contributed by atoms with Gasteiger partial charge >= 0.3 is 0 Å². The van der Waals surface area contributed by atoms with E-state index in [2.05, 4.69) is 76.9 Å². The normalized spacial score (nSPS) is 12.5. The van der Waals surface area contributed by atoms with Crippen molar-refractivity contribution in [1.82, 2.24) is 4.98 Å². The van der Waals surface area contributed by atoms with Crippen molar-refractivity contribution in [3.63, 3.8) is 0 Å². The molecule has 0 fully saturated rings. The van der Waals surface area contributed by atoms with Gasteiger partial charge in [-0.2, -0.15) is 5.26 Å². The molecule has 0 radical (unpaired) electrons. The first-order valence-corrected chi connectivity index (χ1v) is 12.1. The number of carbonyl (C=O) groups is 1. The number of thioether (sulfide) groups is 1. The van der Waals surface area contributed by atoms with Crippen LogP contribution in [0.5, 0.6) is 0 Å². The molecule has 1 amide bonds. The van der Waals surface area contributed by atoms with Gasteiger partial charge in [-0.3, -0.25) is 4.79 Å². The number of carbonyl (C=O) groups excluding carboxylic acids is 1. The summed E-state index contributed by atoms with van der Waals surface area (Å²) >= 11 is 1.72. The standard InChI is InChI=1S/C23H21N3OS.C2H6.CH3NO/c1-28-18-10-8-16(9-11-18)12-19-20-13-23(25-15-22(20)27-21(19)14-24)26-17-6-4-2-3-5-7-17;1-2;2-1-3/h2-5,8-11,13,15,17H,6-7,12H2,1H3,(H,25,26);1-2H3;1H,(H2,2,3). The number of nitrogens with two attached hydrogens (primary N) is 1. The molecule has 3 N–H and O–H groups in total. The highest BCUT2D eigenvalue weighted by molar-refractivity contribution is 7.98. The zero-order chi connectivity index (χ0) is 24.1. The Hall–Kier alpha value is -3.50. The van der Waals surface area contributed by atoms with E-state index < -0.39 is 0 Å². The monoisotopic (exact) mass is 462 g/mol. The van der Waals surface area contributed by atoms with E-state index in [0.29, 0.717) is 23.8 Å². The number of nitrogens with zero attached hydrogens (tertiary/aromatic N) is 2. The van der Waals surface area contributed by atoms with E-state index in [1.165, 1.54) is 4.90 Å². The van der Waals surface area contributed by atoms with Crippen LogP contribution in [0.3, 0.4) is 0 Å². The van der Waals surface area contributed by atoms with Crippen molar-refractivity contribution in [3.8, 4) is 6.07 Å². The number of nitrogens with one attached hydrogen (secondary N) is 1. The second kappa shape index (κ2) is 13.8. The molecule has 0 saturated heterocycles.